The average molecular weight is 436 g/mol. The van der Waals surface area contributed by atoms with Crippen LogP contribution in [0.5, 0.6) is 0 Å². The summed E-state index contributed by atoms with van der Waals surface area (Å²) in [5.41, 5.74) is 3.37. The summed E-state index contributed by atoms with van der Waals surface area (Å²) < 4.78 is 3.48. The van der Waals surface area contributed by atoms with Crippen molar-refractivity contribution in [2.24, 2.45) is 0 Å². The second kappa shape index (κ2) is 8.55. The minimum atomic E-state index is -0.348. The summed E-state index contributed by atoms with van der Waals surface area (Å²) in [5, 5.41) is 12.5. The number of fused-ring (bicyclic) bond motifs is 3. The molecule has 4 aromatic rings. The van der Waals surface area contributed by atoms with E-state index >= 15 is 0 Å². The summed E-state index contributed by atoms with van der Waals surface area (Å²) >= 11 is 1.33. The zero-order valence-electron chi connectivity index (χ0n) is 18.0. The van der Waals surface area contributed by atoms with Gasteiger partial charge in [0, 0.05) is 6.54 Å². The predicted octanol–water partition coefficient (Wildman–Crippen LogP) is 3.66. The molecule has 0 aliphatic heterocycles. The Bertz CT molecular complexity index is 1340. The lowest BCUT2D eigenvalue weighted by atomic mass is 10.1. The van der Waals surface area contributed by atoms with Crippen LogP contribution < -0.4 is 10.9 Å². The molecule has 2 aromatic carbocycles. The molecule has 1 amide bonds. The summed E-state index contributed by atoms with van der Waals surface area (Å²) in [4.78, 5) is 25.9. The minimum absolute atomic E-state index is 0.0456. The van der Waals surface area contributed by atoms with E-state index in [0.29, 0.717) is 22.9 Å². The molecule has 0 aliphatic carbocycles. The molecule has 0 fully saturated rings. The van der Waals surface area contributed by atoms with Crippen LogP contribution in [-0.2, 0) is 4.79 Å². The van der Waals surface area contributed by atoms with E-state index in [1.165, 1.54) is 11.8 Å². The molecule has 0 radical (unpaired) electrons. The molecule has 8 heteroatoms. The van der Waals surface area contributed by atoms with Gasteiger partial charge >= 0.3 is 0 Å². The van der Waals surface area contributed by atoms with Crippen LogP contribution in [0.2, 0.25) is 0 Å². The number of amides is 1. The monoisotopic (exact) mass is 435 g/mol. The van der Waals surface area contributed by atoms with Gasteiger partial charge in [0.1, 0.15) is 0 Å². The van der Waals surface area contributed by atoms with Crippen LogP contribution in [0.15, 0.2) is 52.4 Å². The summed E-state index contributed by atoms with van der Waals surface area (Å²) in [6.07, 6.45) is 0.879. The van der Waals surface area contributed by atoms with Crippen molar-refractivity contribution in [1.29, 1.82) is 0 Å². The number of nitrogens with zero attached hydrogens (tertiary/aromatic N) is 4. The SMILES string of the molecule is CCCNC(=O)C(C)Sc1nnc2n(-c3cc(C)ccc3C)c(=O)c3ccccc3n12. The lowest BCUT2D eigenvalue weighted by molar-refractivity contribution is -0.120. The molecule has 4 rings (SSSR count). The fourth-order valence-electron chi connectivity index (χ4n) is 3.54. The maximum absolute atomic E-state index is 13.5. The highest BCUT2D eigenvalue weighted by Crippen LogP contribution is 2.27. The molecule has 0 bridgehead atoms. The zero-order valence-corrected chi connectivity index (χ0v) is 18.9. The molecule has 2 heterocycles. The van der Waals surface area contributed by atoms with E-state index in [2.05, 4.69) is 15.5 Å². The van der Waals surface area contributed by atoms with Crippen molar-refractivity contribution in [3.8, 4) is 5.69 Å². The molecule has 31 heavy (non-hydrogen) atoms. The number of carbonyl (C=O) groups excluding carboxylic acids is 1. The number of rotatable bonds is 6. The molecule has 0 spiro atoms. The van der Waals surface area contributed by atoms with Gasteiger partial charge < -0.3 is 5.32 Å². The van der Waals surface area contributed by atoms with E-state index in [1.54, 1.807) is 4.57 Å². The Morgan fingerprint density at radius 1 is 1.16 bits per heavy atom. The highest BCUT2D eigenvalue weighted by Gasteiger charge is 2.22. The van der Waals surface area contributed by atoms with Gasteiger partial charge in [0.05, 0.1) is 21.8 Å². The Labute approximate surface area is 184 Å². The number of aromatic nitrogens is 4. The predicted molar refractivity (Wildman–Crippen MR) is 124 cm³/mol. The molecular formula is C23H25N5O2S. The number of hydrogen-bond acceptors (Lipinski definition) is 5. The zero-order chi connectivity index (χ0) is 22.1. The molecule has 1 unspecified atom stereocenters. The Morgan fingerprint density at radius 2 is 1.94 bits per heavy atom. The van der Waals surface area contributed by atoms with Gasteiger partial charge in [-0.2, -0.15) is 0 Å². The van der Waals surface area contributed by atoms with Crippen molar-refractivity contribution in [3.63, 3.8) is 0 Å². The van der Waals surface area contributed by atoms with Crippen LogP contribution in [0, 0.1) is 13.8 Å². The van der Waals surface area contributed by atoms with E-state index < -0.39 is 0 Å². The Hall–Kier alpha value is -3.13. The number of benzene rings is 2. The fraction of sp³-hybridized carbons (Fsp3) is 0.304. The summed E-state index contributed by atoms with van der Waals surface area (Å²) in [6.45, 7) is 8.47. The summed E-state index contributed by atoms with van der Waals surface area (Å²) in [6, 6.07) is 13.4. The van der Waals surface area contributed by atoms with Crippen molar-refractivity contribution in [2.75, 3.05) is 6.54 Å². The van der Waals surface area contributed by atoms with Crippen LogP contribution in [0.4, 0.5) is 0 Å². The number of nitrogens with one attached hydrogen (secondary N) is 1. The highest BCUT2D eigenvalue weighted by molar-refractivity contribution is 8.00. The second-order valence-corrected chi connectivity index (χ2v) is 8.92. The third-order valence-electron chi connectivity index (χ3n) is 5.20. The van der Waals surface area contributed by atoms with Crippen LogP contribution in [0.3, 0.4) is 0 Å². The molecular weight excluding hydrogens is 410 g/mol. The standard InChI is InChI=1S/C23H25N5O2S/c1-5-12-24-20(29)16(4)31-23-26-25-22-27(19-13-14(2)10-11-15(19)3)21(30)17-8-6-7-9-18(17)28(22)23/h6-11,13,16H,5,12H2,1-4H3,(H,24,29). The van der Waals surface area contributed by atoms with E-state index in [0.717, 1.165) is 28.8 Å². The number of hydrogen-bond donors (Lipinski definition) is 1. The van der Waals surface area contributed by atoms with Crippen molar-refractivity contribution < 1.29 is 4.79 Å². The number of carbonyl (C=O) groups is 1. The Morgan fingerprint density at radius 3 is 2.71 bits per heavy atom. The van der Waals surface area contributed by atoms with Crippen LogP contribution in [0.1, 0.15) is 31.4 Å². The first-order chi connectivity index (χ1) is 14.9. The van der Waals surface area contributed by atoms with Gasteiger partial charge in [-0.1, -0.05) is 43.0 Å². The molecule has 160 valence electrons. The van der Waals surface area contributed by atoms with Crippen LogP contribution in [-0.4, -0.2) is 36.9 Å². The fourth-order valence-corrected chi connectivity index (χ4v) is 4.42. The molecule has 1 N–H and O–H groups in total. The lowest BCUT2D eigenvalue weighted by Gasteiger charge is -2.15. The topological polar surface area (TPSA) is 81.3 Å². The third-order valence-corrected chi connectivity index (χ3v) is 6.24. The third kappa shape index (κ3) is 3.83. The first kappa shape index (κ1) is 21.1. The largest absolute Gasteiger partial charge is 0.355 e. The molecule has 1 atom stereocenters. The van der Waals surface area contributed by atoms with Crippen LogP contribution >= 0.6 is 11.8 Å². The Balaban J connectivity index is 1.95. The normalized spacial score (nSPS) is 12.4. The van der Waals surface area contributed by atoms with Gasteiger partial charge in [-0.15, -0.1) is 10.2 Å². The van der Waals surface area contributed by atoms with E-state index in [9.17, 15) is 9.59 Å². The van der Waals surface area contributed by atoms with Crippen molar-refractivity contribution in [2.45, 2.75) is 44.5 Å². The second-order valence-electron chi connectivity index (χ2n) is 7.62. The van der Waals surface area contributed by atoms with Gasteiger partial charge in [0.25, 0.3) is 5.56 Å². The summed E-state index contributed by atoms with van der Waals surface area (Å²) in [5.74, 6) is 0.386. The van der Waals surface area contributed by atoms with Crippen LogP contribution in [0.25, 0.3) is 22.4 Å². The molecule has 0 saturated heterocycles. The molecule has 0 saturated carbocycles. The van der Waals surface area contributed by atoms with Gasteiger partial charge in [0.15, 0.2) is 5.16 Å². The molecule has 7 nitrogen and oxygen atoms in total. The van der Waals surface area contributed by atoms with Gasteiger partial charge in [-0.05, 0) is 56.5 Å². The molecule has 0 aliphatic rings. The number of thioether (sulfide) groups is 1. The first-order valence-corrected chi connectivity index (χ1v) is 11.2. The van der Waals surface area contributed by atoms with Crippen molar-refractivity contribution in [3.05, 3.63) is 63.9 Å². The van der Waals surface area contributed by atoms with E-state index in [1.807, 2.05) is 74.6 Å². The van der Waals surface area contributed by atoms with Gasteiger partial charge in [-0.25, -0.2) is 4.57 Å². The van der Waals surface area contributed by atoms with E-state index in [4.69, 9.17) is 0 Å². The quantitative estimate of drug-likeness (QED) is 0.468. The number of aryl methyl sites for hydroxylation is 2. The Kier molecular flexibility index (Phi) is 5.82. The average Bonchev–Trinajstić information content (AvgIpc) is 3.17. The summed E-state index contributed by atoms with van der Waals surface area (Å²) in [7, 11) is 0. The maximum atomic E-state index is 13.5. The molecule has 2 aromatic heterocycles. The highest BCUT2D eigenvalue weighted by atomic mass is 32.2. The number of para-hydroxylation sites is 1. The van der Waals surface area contributed by atoms with Gasteiger partial charge in [0.2, 0.25) is 11.7 Å². The lowest BCUT2D eigenvalue weighted by Crippen LogP contribution is -2.31. The first-order valence-electron chi connectivity index (χ1n) is 10.3. The van der Waals surface area contributed by atoms with Gasteiger partial charge in [-0.3, -0.25) is 14.0 Å². The smallest absolute Gasteiger partial charge is 0.267 e. The van der Waals surface area contributed by atoms with E-state index in [-0.39, 0.29) is 16.7 Å². The van der Waals surface area contributed by atoms with Crippen molar-refractivity contribution >= 4 is 34.3 Å². The maximum Gasteiger partial charge on any atom is 0.267 e. The minimum Gasteiger partial charge on any atom is -0.355 e. The van der Waals surface area contributed by atoms with Crippen molar-refractivity contribution in [1.82, 2.24) is 24.5 Å².